The van der Waals surface area contributed by atoms with Crippen LogP contribution < -0.4 is 0 Å². The fourth-order valence-electron chi connectivity index (χ4n) is 1.39. The van der Waals surface area contributed by atoms with Crippen LogP contribution in [0.2, 0.25) is 0 Å². The zero-order valence-electron chi connectivity index (χ0n) is 9.16. The van der Waals surface area contributed by atoms with E-state index in [1.165, 1.54) is 0 Å². The second-order valence-corrected chi connectivity index (χ2v) is 3.46. The van der Waals surface area contributed by atoms with E-state index in [4.69, 9.17) is 10.2 Å². The summed E-state index contributed by atoms with van der Waals surface area (Å²) in [6.07, 6.45) is 2.18. The molecule has 0 aliphatic rings. The average molecular weight is 263 g/mol. The monoisotopic (exact) mass is 263 g/mol. The van der Waals surface area contributed by atoms with E-state index in [0.29, 0.717) is 4.57 Å². The van der Waals surface area contributed by atoms with Gasteiger partial charge in [0.15, 0.2) is 0 Å². The van der Waals surface area contributed by atoms with Gasteiger partial charge in [-0.1, -0.05) is 0 Å². The van der Waals surface area contributed by atoms with Crippen molar-refractivity contribution in [2.75, 3.05) is 13.1 Å². The predicted molar refractivity (Wildman–Crippen MR) is 54.0 cm³/mol. The minimum atomic E-state index is -2.81. The average Bonchev–Trinajstić information content (AvgIpc) is 2.63. The molecule has 2 N–H and O–H groups in total. The van der Waals surface area contributed by atoms with Crippen LogP contribution in [0.3, 0.4) is 0 Å². The van der Waals surface area contributed by atoms with Gasteiger partial charge < -0.3 is 10.2 Å². The number of carboxylic acid groups (broad SMARTS) is 2. The lowest BCUT2D eigenvalue weighted by Gasteiger charge is -2.18. The quantitative estimate of drug-likeness (QED) is 0.732. The van der Waals surface area contributed by atoms with Gasteiger partial charge in [-0.05, 0) is 0 Å². The molecule has 7 nitrogen and oxygen atoms in total. The predicted octanol–water partition coefficient (Wildman–Crippen LogP) is 0.249. The SMILES string of the molecule is O=C(O)CN(CC(=O)O)Cc1nccn1C(F)F. The number of rotatable bonds is 7. The highest BCUT2D eigenvalue weighted by Gasteiger charge is 2.18. The molecular formula is C9H11F2N3O4. The Kier molecular flexibility index (Phi) is 4.72. The maximum absolute atomic E-state index is 12.5. The number of aliphatic carboxylic acids is 2. The Morgan fingerprint density at radius 1 is 1.33 bits per heavy atom. The first-order chi connectivity index (χ1) is 8.40. The lowest BCUT2D eigenvalue weighted by molar-refractivity contribution is -0.142. The molecule has 1 rings (SSSR count). The summed E-state index contributed by atoms with van der Waals surface area (Å²) in [5.74, 6) is -2.58. The molecule has 0 unspecified atom stereocenters. The molecule has 0 aliphatic carbocycles. The number of halogens is 2. The summed E-state index contributed by atoms with van der Waals surface area (Å²) in [7, 11) is 0. The second-order valence-electron chi connectivity index (χ2n) is 3.46. The zero-order chi connectivity index (χ0) is 13.7. The zero-order valence-corrected chi connectivity index (χ0v) is 9.16. The topological polar surface area (TPSA) is 95.7 Å². The van der Waals surface area contributed by atoms with Crippen molar-refractivity contribution in [1.29, 1.82) is 0 Å². The van der Waals surface area contributed by atoms with Crippen LogP contribution in [0.4, 0.5) is 8.78 Å². The van der Waals surface area contributed by atoms with Crippen molar-refractivity contribution in [3.8, 4) is 0 Å². The number of alkyl halides is 2. The van der Waals surface area contributed by atoms with Crippen molar-refractivity contribution < 1.29 is 28.6 Å². The largest absolute Gasteiger partial charge is 0.480 e. The maximum Gasteiger partial charge on any atom is 0.319 e. The van der Waals surface area contributed by atoms with Gasteiger partial charge >= 0.3 is 18.5 Å². The van der Waals surface area contributed by atoms with Gasteiger partial charge in [-0.25, -0.2) is 4.98 Å². The third kappa shape index (κ3) is 4.09. The number of carboxylic acids is 2. The number of hydrogen-bond acceptors (Lipinski definition) is 4. The third-order valence-electron chi connectivity index (χ3n) is 2.04. The van der Waals surface area contributed by atoms with Crippen molar-refractivity contribution in [3.63, 3.8) is 0 Å². The number of aromatic nitrogens is 2. The fraction of sp³-hybridized carbons (Fsp3) is 0.444. The van der Waals surface area contributed by atoms with Crippen LogP contribution in [0, 0.1) is 0 Å². The molecule has 0 aliphatic heterocycles. The van der Waals surface area contributed by atoms with E-state index >= 15 is 0 Å². The third-order valence-corrected chi connectivity index (χ3v) is 2.04. The fourth-order valence-corrected chi connectivity index (χ4v) is 1.39. The molecule has 0 saturated heterocycles. The Hall–Kier alpha value is -2.03. The molecule has 0 fully saturated rings. The maximum atomic E-state index is 12.5. The first-order valence-corrected chi connectivity index (χ1v) is 4.86. The van der Waals surface area contributed by atoms with Crippen LogP contribution in [0.15, 0.2) is 12.4 Å². The number of nitrogens with zero attached hydrogens (tertiary/aromatic N) is 3. The summed E-state index contributed by atoms with van der Waals surface area (Å²) >= 11 is 0. The first kappa shape index (κ1) is 14.0. The summed E-state index contributed by atoms with van der Waals surface area (Å²) in [4.78, 5) is 25.7. The summed E-state index contributed by atoms with van der Waals surface area (Å²) in [6.45, 7) is -4.22. The molecule has 0 bridgehead atoms. The van der Waals surface area contributed by atoms with Crippen LogP contribution in [0.1, 0.15) is 12.4 Å². The number of hydrogen-bond donors (Lipinski definition) is 2. The molecule has 0 spiro atoms. The molecule has 1 aromatic heterocycles. The highest BCUT2D eigenvalue weighted by atomic mass is 19.3. The Balaban J connectivity index is 2.78. The molecule has 0 radical (unpaired) electrons. The van der Waals surface area contributed by atoms with E-state index < -0.39 is 31.6 Å². The van der Waals surface area contributed by atoms with E-state index in [-0.39, 0.29) is 12.4 Å². The minimum absolute atomic E-state index is 0.0903. The molecule has 0 aromatic carbocycles. The Morgan fingerprint density at radius 3 is 2.33 bits per heavy atom. The number of imidazole rings is 1. The molecule has 1 aromatic rings. The molecule has 18 heavy (non-hydrogen) atoms. The molecule has 0 amide bonds. The minimum Gasteiger partial charge on any atom is -0.480 e. The molecule has 0 atom stereocenters. The highest BCUT2D eigenvalue weighted by molar-refractivity contribution is 5.72. The molecule has 9 heteroatoms. The Labute approximate surface area is 100 Å². The van der Waals surface area contributed by atoms with Gasteiger partial charge in [0.2, 0.25) is 0 Å². The highest BCUT2D eigenvalue weighted by Crippen LogP contribution is 2.13. The summed E-state index contributed by atoms with van der Waals surface area (Å²) < 4.78 is 25.6. The summed E-state index contributed by atoms with van der Waals surface area (Å²) in [5.41, 5.74) is 0. The van der Waals surface area contributed by atoms with Crippen molar-refractivity contribution in [2.24, 2.45) is 0 Å². The standard InChI is InChI=1S/C9H11F2N3O4/c10-9(11)14-2-1-12-6(14)3-13(4-7(15)16)5-8(17)18/h1-2,9H,3-5H2,(H,15,16)(H,17,18). The lowest BCUT2D eigenvalue weighted by Crippen LogP contribution is -2.34. The van der Waals surface area contributed by atoms with Crippen molar-refractivity contribution >= 4 is 11.9 Å². The Morgan fingerprint density at radius 2 is 1.89 bits per heavy atom. The van der Waals surface area contributed by atoms with E-state index in [1.54, 1.807) is 0 Å². The van der Waals surface area contributed by atoms with Crippen LogP contribution in [-0.4, -0.2) is 49.7 Å². The van der Waals surface area contributed by atoms with Gasteiger partial charge in [0.25, 0.3) is 0 Å². The van der Waals surface area contributed by atoms with Crippen molar-refractivity contribution in [2.45, 2.75) is 13.1 Å². The first-order valence-electron chi connectivity index (χ1n) is 4.86. The van der Waals surface area contributed by atoms with Gasteiger partial charge in [-0.2, -0.15) is 8.78 Å². The van der Waals surface area contributed by atoms with Gasteiger partial charge in [0.05, 0.1) is 19.6 Å². The molecule has 0 saturated carbocycles. The van der Waals surface area contributed by atoms with Crippen LogP contribution in [-0.2, 0) is 16.1 Å². The second kappa shape index (κ2) is 6.05. The summed E-state index contributed by atoms with van der Waals surface area (Å²) in [6, 6.07) is 0. The van der Waals surface area contributed by atoms with E-state index in [9.17, 15) is 18.4 Å². The van der Waals surface area contributed by atoms with Gasteiger partial charge in [0.1, 0.15) is 5.82 Å². The smallest absolute Gasteiger partial charge is 0.319 e. The lowest BCUT2D eigenvalue weighted by atomic mass is 10.4. The van der Waals surface area contributed by atoms with E-state index in [1.807, 2.05) is 0 Å². The summed E-state index contributed by atoms with van der Waals surface area (Å²) in [5, 5.41) is 17.2. The van der Waals surface area contributed by atoms with Crippen molar-refractivity contribution in [1.82, 2.24) is 14.5 Å². The van der Waals surface area contributed by atoms with Crippen LogP contribution in [0.5, 0.6) is 0 Å². The van der Waals surface area contributed by atoms with Gasteiger partial charge in [-0.15, -0.1) is 0 Å². The van der Waals surface area contributed by atoms with E-state index in [2.05, 4.69) is 4.98 Å². The molecule has 1 heterocycles. The van der Waals surface area contributed by atoms with Gasteiger partial charge in [-0.3, -0.25) is 19.1 Å². The number of carbonyl (C=O) groups is 2. The molecule has 100 valence electrons. The molecular weight excluding hydrogens is 252 g/mol. The normalized spacial score (nSPS) is 11.1. The van der Waals surface area contributed by atoms with Crippen LogP contribution in [0.25, 0.3) is 0 Å². The van der Waals surface area contributed by atoms with E-state index in [0.717, 1.165) is 17.3 Å². The Bertz CT molecular complexity index is 419. The van der Waals surface area contributed by atoms with Crippen molar-refractivity contribution in [3.05, 3.63) is 18.2 Å². The van der Waals surface area contributed by atoms with Gasteiger partial charge in [0, 0.05) is 12.4 Å². The van der Waals surface area contributed by atoms with Crippen LogP contribution >= 0.6 is 0 Å².